The van der Waals surface area contributed by atoms with Gasteiger partial charge in [-0.25, -0.2) is 14.4 Å². The zero-order valence-electron chi connectivity index (χ0n) is 22.1. The third-order valence-corrected chi connectivity index (χ3v) is 7.37. The lowest BCUT2D eigenvalue weighted by Crippen LogP contribution is -2.18. The number of alkyl halides is 3. The molecule has 0 unspecified atom stereocenters. The second-order valence-electron chi connectivity index (χ2n) is 9.25. The minimum Gasteiger partial charge on any atom is -0.487 e. The quantitative estimate of drug-likeness (QED) is 0.108. The molecule has 5 rings (SSSR count). The molecular formula is C30H25ClF4N4O2S. The van der Waals surface area contributed by atoms with E-state index in [1.165, 1.54) is 18.5 Å². The second kappa shape index (κ2) is 13.5. The van der Waals surface area contributed by atoms with Crippen molar-refractivity contribution in [3.8, 4) is 17.1 Å². The minimum atomic E-state index is -4.15. The topological polar surface area (TPSA) is 72.2 Å². The molecule has 0 amide bonds. The molecule has 6 nitrogen and oxygen atoms in total. The third kappa shape index (κ3) is 8.15. The lowest BCUT2D eigenvalue weighted by Gasteiger charge is -2.12. The molecule has 0 fully saturated rings. The number of nitrogens with one attached hydrogen (secondary N) is 2. The molecular weight excluding hydrogens is 592 g/mol. The van der Waals surface area contributed by atoms with Crippen LogP contribution in [0.5, 0.6) is 5.75 Å². The van der Waals surface area contributed by atoms with Gasteiger partial charge in [0, 0.05) is 28.9 Å². The molecule has 0 aliphatic carbocycles. The van der Waals surface area contributed by atoms with Crippen molar-refractivity contribution in [1.82, 2.24) is 15.3 Å². The first-order chi connectivity index (χ1) is 20.2. The number of thioether (sulfide) groups is 1. The van der Waals surface area contributed by atoms with E-state index in [1.807, 2.05) is 30.3 Å². The summed E-state index contributed by atoms with van der Waals surface area (Å²) in [5, 5.41) is 7.52. The highest BCUT2D eigenvalue weighted by Crippen LogP contribution is 2.33. The SMILES string of the molecule is Fc1cccc(COc2ccc(Nc3ncnc4ccc(-c5ccc(CNCCSCC(F)(F)F)o5)cc34)cc2Cl)c1. The fourth-order valence-corrected chi connectivity index (χ4v) is 5.00. The smallest absolute Gasteiger partial charge is 0.397 e. The predicted octanol–water partition coefficient (Wildman–Crippen LogP) is 8.39. The summed E-state index contributed by atoms with van der Waals surface area (Å²) in [4.78, 5) is 8.77. The number of hydrogen-bond acceptors (Lipinski definition) is 7. The average molecular weight is 617 g/mol. The number of rotatable bonds is 12. The van der Waals surface area contributed by atoms with Gasteiger partial charge in [0.15, 0.2) is 0 Å². The van der Waals surface area contributed by atoms with Crippen molar-refractivity contribution in [3.63, 3.8) is 0 Å². The van der Waals surface area contributed by atoms with Crippen molar-refractivity contribution in [3.05, 3.63) is 101 Å². The Morgan fingerprint density at radius 1 is 0.976 bits per heavy atom. The van der Waals surface area contributed by atoms with Crippen LogP contribution in [-0.4, -0.2) is 34.2 Å². The standard InChI is InChI=1S/C30H25ClF4N4O2S/c31-25-14-22(5-8-28(25)40-16-19-2-1-3-21(32)12-19)39-29-24-13-20(4-7-26(24)37-18-38-29)27-9-6-23(41-27)15-36-10-11-42-17-30(33,34)35/h1-9,12-14,18,36H,10-11,15-17H2,(H,37,38,39). The lowest BCUT2D eigenvalue weighted by atomic mass is 10.1. The highest BCUT2D eigenvalue weighted by molar-refractivity contribution is 7.99. The van der Waals surface area contributed by atoms with Gasteiger partial charge in [-0.3, -0.25) is 0 Å². The zero-order valence-corrected chi connectivity index (χ0v) is 23.6. The zero-order chi connectivity index (χ0) is 29.5. The van der Waals surface area contributed by atoms with Gasteiger partial charge in [0.2, 0.25) is 0 Å². The maximum Gasteiger partial charge on any atom is 0.397 e. The van der Waals surface area contributed by atoms with Gasteiger partial charge in [0.05, 0.1) is 22.8 Å². The number of ether oxygens (including phenoxy) is 1. The van der Waals surface area contributed by atoms with Crippen LogP contribution >= 0.6 is 23.4 Å². The Labute approximate surface area is 248 Å². The summed E-state index contributed by atoms with van der Waals surface area (Å²) >= 11 is 7.30. The highest BCUT2D eigenvalue weighted by Gasteiger charge is 2.26. The average Bonchev–Trinajstić information content (AvgIpc) is 3.43. The second-order valence-corrected chi connectivity index (χ2v) is 10.8. The third-order valence-electron chi connectivity index (χ3n) is 6.05. The van der Waals surface area contributed by atoms with Gasteiger partial charge in [-0.2, -0.15) is 24.9 Å². The van der Waals surface area contributed by atoms with Crippen molar-refractivity contribution in [2.45, 2.75) is 19.3 Å². The molecule has 2 heterocycles. The predicted molar refractivity (Wildman–Crippen MR) is 158 cm³/mol. The molecule has 0 saturated carbocycles. The fraction of sp³-hybridized carbons (Fsp3) is 0.200. The van der Waals surface area contributed by atoms with Crippen molar-refractivity contribution in [2.24, 2.45) is 0 Å². The van der Waals surface area contributed by atoms with E-state index < -0.39 is 11.9 Å². The van der Waals surface area contributed by atoms with Crippen LogP contribution < -0.4 is 15.4 Å². The summed E-state index contributed by atoms with van der Waals surface area (Å²) in [6.07, 6.45) is -2.69. The summed E-state index contributed by atoms with van der Waals surface area (Å²) in [5.74, 6) is 1.50. The lowest BCUT2D eigenvalue weighted by molar-refractivity contribution is -0.105. The number of nitrogens with zero attached hydrogens (tertiary/aromatic N) is 2. The van der Waals surface area contributed by atoms with Crippen LogP contribution in [0, 0.1) is 5.82 Å². The van der Waals surface area contributed by atoms with Crippen LogP contribution in [0.4, 0.5) is 29.1 Å². The van der Waals surface area contributed by atoms with Crippen LogP contribution in [-0.2, 0) is 13.2 Å². The van der Waals surface area contributed by atoms with E-state index in [2.05, 4.69) is 20.6 Å². The molecule has 0 spiro atoms. The number of furan rings is 1. The molecule has 218 valence electrons. The van der Waals surface area contributed by atoms with E-state index in [9.17, 15) is 17.6 Å². The first-order valence-corrected chi connectivity index (χ1v) is 14.4. The molecule has 0 saturated heterocycles. The van der Waals surface area contributed by atoms with Crippen LogP contribution in [0.2, 0.25) is 5.02 Å². The number of aromatic nitrogens is 2. The van der Waals surface area contributed by atoms with E-state index in [1.54, 1.807) is 30.3 Å². The summed E-state index contributed by atoms with van der Waals surface area (Å²) in [6, 6.07) is 20.8. The van der Waals surface area contributed by atoms with Gasteiger partial charge in [-0.1, -0.05) is 23.7 Å². The molecule has 0 aliphatic heterocycles. The Morgan fingerprint density at radius 2 is 1.86 bits per heavy atom. The number of hydrogen-bond donors (Lipinski definition) is 2. The molecule has 42 heavy (non-hydrogen) atoms. The normalized spacial score (nSPS) is 11.6. The molecule has 0 atom stereocenters. The van der Waals surface area contributed by atoms with Gasteiger partial charge < -0.3 is 19.8 Å². The number of fused-ring (bicyclic) bond motifs is 1. The Balaban J connectivity index is 1.23. The van der Waals surface area contributed by atoms with Crippen molar-refractivity contribution in [2.75, 3.05) is 23.4 Å². The van der Waals surface area contributed by atoms with Gasteiger partial charge >= 0.3 is 6.18 Å². The molecule has 0 bridgehead atoms. The molecule has 0 radical (unpaired) electrons. The van der Waals surface area contributed by atoms with E-state index >= 15 is 0 Å². The maximum atomic E-state index is 13.4. The van der Waals surface area contributed by atoms with Crippen LogP contribution in [0.3, 0.4) is 0 Å². The Bertz CT molecular complexity index is 1660. The first kappa shape index (κ1) is 29.7. The monoisotopic (exact) mass is 616 g/mol. The Morgan fingerprint density at radius 3 is 2.67 bits per heavy atom. The van der Waals surface area contributed by atoms with Crippen LogP contribution in [0.25, 0.3) is 22.2 Å². The van der Waals surface area contributed by atoms with E-state index in [0.717, 1.165) is 28.2 Å². The van der Waals surface area contributed by atoms with Crippen LogP contribution in [0.1, 0.15) is 11.3 Å². The van der Waals surface area contributed by atoms with Gasteiger partial charge in [-0.15, -0.1) is 0 Å². The minimum absolute atomic E-state index is 0.176. The fourth-order valence-electron chi connectivity index (χ4n) is 4.10. The molecule has 12 heteroatoms. The molecule has 2 aromatic heterocycles. The van der Waals surface area contributed by atoms with Gasteiger partial charge in [-0.05, 0) is 66.2 Å². The summed E-state index contributed by atoms with van der Waals surface area (Å²) in [7, 11) is 0. The van der Waals surface area contributed by atoms with E-state index in [4.69, 9.17) is 20.8 Å². The Hall–Kier alpha value is -3.80. The summed E-state index contributed by atoms with van der Waals surface area (Å²) in [6.45, 7) is 1.01. The molecule has 0 aliphatic rings. The van der Waals surface area contributed by atoms with Crippen molar-refractivity contribution >= 4 is 45.8 Å². The van der Waals surface area contributed by atoms with Crippen molar-refractivity contribution < 1.29 is 26.7 Å². The number of anilines is 2. The van der Waals surface area contributed by atoms with Gasteiger partial charge in [0.25, 0.3) is 0 Å². The largest absolute Gasteiger partial charge is 0.487 e. The number of halogens is 5. The van der Waals surface area contributed by atoms with E-state index in [0.29, 0.717) is 58.2 Å². The molecule has 3 aromatic carbocycles. The van der Waals surface area contributed by atoms with E-state index in [-0.39, 0.29) is 12.4 Å². The van der Waals surface area contributed by atoms with Crippen molar-refractivity contribution in [1.29, 1.82) is 0 Å². The van der Waals surface area contributed by atoms with Crippen LogP contribution in [0.15, 0.2) is 83.5 Å². The molecule has 2 N–H and O–H groups in total. The first-order valence-electron chi connectivity index (χ1n) is 12.9. The van der Waals surface area contributed by atoms with Gasteiger partial charge in [0.1, 0.15) is 41.8 Å². The molecule has 5 aromatic rings. The highest BCUT2D eigenvalue weighted by atomic mass is 35.5. The Kier molecular flexibility index (Phi) is 9.51. The summed E-state index contributed by atoms with van der Waals surface area (Å²) < 4.78 is 61.9. The summed E-state index contributed by atoms with van der Waals surface area (Å²) in [5.41, 5.74) is 2.91. The number of benzene rings is 3. The maximum absolute atomic E-state index is 13.4.